The number of hydrogen-bond donors (Lipinski definition) is 2. The van der Waals surface area contributed by atoms with Crippen molar-refractivity contribution in [3.05, 3.63) is 61.1 Å². The Bertz CT molecular complexity index is 1230. The highest BCUT2D eigenvalue weighted by molar-refractivity contribution is 6.04. The third kappa shape index (κ3) is 4.72. The number of aromatic amines is 1. The molecule has 10 nitrogen and oxygen atoms in total. The quantitative estimate of drug-likeness (QED) is 0.430. The predicted octanol–water partition coefficient (Wildman–Crippen LogP) is 3.90. The molecule has 0 spiro atoms. The van der Waals surface area contributed by atoms with Crippen LogP contribution < -0.4 is 5.32 Å². The van der Waals surface area contributed by atoms with E-state index in [1.807, 2.05) is 23.9 Å². The van der Waals surface area contributed by atoms with Gasteiger partial charge in [-0.2, -0.15) is 10.2 Å². The molecule has 0 atom stereocenters. The van der Waals surface area contributed by atoms with Crippen LogP contribution in [0, 0.1) is 0 Å². The second-order valence-corrected chi connectivity index (χ2v) is 8.20. The Labute approximate surface area is 196 Å². The van der Waals surface area contributed by atoms with E-state index < -0.39 is 0 Å². The summed E-state index contributed by atoms with van der Waals surface area (Å²) < 4.78 is 7.73. The van der Waals surface area contributed by atoms with Gasteiger partial charge >= 0.3 is 0 Å². The van der Waals surface area contributed by atoms with Crippen LogP contribution in [0.15, 0.2) is 55.4 Å². The molecule has 1 aliphatic rings. The average Bonchev–Trinajstić information content (AvgIpc) is 3.56. The summed E-state index contributed by atoms with van der Waals surface area (Å²) in [5.41, 5.74) is 3.53. The summed E-state index contributed by atoms with van der Waals surface area (Å²) in [6.07, 6.45) is 14.4. The molecule has 0 aliphatic heterocycles. The molecule has 5 rings (SSSR count). The summed E-state index contributed by atoms with van der Waals surface area (Å²) in [7, 11) is 0. The lowest BCUT2D eigenvalue weighted by atomic mass is 9.93. The van der Waals surface area contributed by atoms with Crippen molar-refractivity contribution in [3.8, 4) is 22.6 Å². The Morgan fingerprint density at radius 2 is 2.06 bits per heavy atom. The van der Waals surface area contributed by atoms with Crippen molar-refractivity contribution in [1.82, 2.24) is 34.9 Å². The Morgan fingerprint density at radius 3 is 2.79 bits per heavy atom. The third-order valence-corrected chi connectivity index (χ3v) is 5.98. The minimum atomic E-state index is -0.324. The molecule has 1 aliphatic carbocycles. The number of carbonyl (C=O) groups excluding carboxylic acids is 1. The van der Waals surface area contributed by atoms with E-state index in [0.29, 0.717) is 34.6 Å². The first-order valence-electron chi connectivity index (χ1n) is 11.5. The number of nitrogens with zero attached hydrogens (tertiary/aromatic N) is 6. The van der Waals surface area contributed by atoms with Crippen LogP contribution in [0.3, 0.4) is 0 Å². The third-order valence-electron chi connectivity index (χ3n) is 5.98. The number of amides is 1. The van der Waals surface area contributed by atoms with E-state index in [4.69, 9.17) is 9.84 Å². The standard InChI is InChI=1S/C24H26N8O2/c1-2-34-18-8-6-17(7-9-18)32-15-22(23(31-32)21-14-25-10-11-26-21)30-24(33)20-5-3-4-19(29-20)16-12-27-28-13-16/h3-5,10-15,17-18H,2,6-9H2,1H3,(H,27,28)(H,30,33)/t17-,18-. The van der Waals surface area contributed by atoms with Crippen molar-refractivity contribution in [3.63, 3.8) is 0 Å². The molecule has 0 saturated heterocycles. The molecule has 2 N–H and O–H groups in total. The Kier molecular flexibility index (Phi) is 6.39. The predicted molar refractivity (Wildman–Crippen MR) is 126 cm³/mol. The maximum atomic E-state index is 13.1. The number of ether oxygens (including phenoxy) is 1. The van der Waals surface area contributed by atoms with Gasteiger partial charge in [-0.3, -0.25) is 24.5 Å². The van der Waals surface area contributed by atoms with Gasteiger partial charge in [0.05, 0.1) is 35.9 Å². The first-order valence-corrected chi connectivity index (χ1v) is 11.5. The summed E-state index contributed by atoms with van der Waals surface area (Å²) in [5, 5.41) is 14.5. The lowest BCUT2D eigenvalue weighted by molar-refractivity contribution is 0.0260. The highest BCUT2D eigenvalue weighted by atomic mass is 16.5. The zero-order chi connectivity index (χ0) is 23.3. The summed E-state index contributed by atoms with van der Waals surface area (Å²) in [5.74, 6) is -0.324. The fourth-order valence-electron chi connectivity index (χ4n) is 4.29. The largest absolute Gasteiger partial charge is 0.379 e. The van der Waals surface area contributed by atoms with Crippen molar-refractivity contribution in [2.45, 2.75) is 44.8 Å². The topological polar surface area (TPSA) is 124 Å². The number of H-pyrrole nitrogens is 1. The van der Waals surface area contributed by atoms with Crippen molar-refractivity contribution in [2.24, 2.45) is 0 Å². The summed E-state index contributed by atoms with van der Waals surface area (Å²) in [4.78, 5) is 26.2. The van der Waals surface area contributed by atoms with Gasteiger partial charge in [0.15, 0.2) is 0 Å². The lowest BCUT2D eigenvalue weighted by Gasteiger charge is -2.28. The highest BCUT2D eigenvalue weighted by Gasteiger charge is 2.25. The van der Waals surface area contributed by atoms with Gasteiger partial charge in [-0.25, -0.2) is 4.98 Å². The Hall–Kier alpha value is -3.92. The molecule has 0 bridgehead atoms. The number of carbonyl (C=O) groups is 1. The summed E-state index contributed by atoms with van der Waals surface area (Å²) >= 11 is 0. The van der Waals surface area contributed by atoms with E-state index in [1.165, 1.54) is 0 Å². The van der Waals surface area contributed by atoms with Crippen LogP contribution in [0.5, 0.6) is 0 Å². The van der Waals surface area contributed by atoms with Crippen LogP contribution in [-0.4, -0.2) is 53.5 Å². The van der Waals surface area contributed by atoms with E-state index in [9.17, 15) is 4.79 Å². The maximum absolute atomic E-state index is 13.1. The summed E-state index contributed by atoms with van der Waals surface area (Å²) in [6, 6.07) is 5.55. The van der Waals surface area contributed by atoms with Crippen LogP contribution in [-0.2, 0) is 4.74 Å². The molecule has 4 aromatic heterocycles. The second-order valence-electron chi connectivity index (χ2n) is 8.20. The van der Waals surface area contributed by atoms with E-state index in [0.717, 1.165) is 37.9 Å². The minimum absolute atomic E-state index is 0.236. The molecule has 1 saturated carbocycles. The average molecular weight is 459 g/mol. The monoisotopic (exact) mass is 458 g/mol. The van der Waals surface area contributed by atoms with E-state index in [-0.39, 0.29) is 11.9 Å². The lowest BCUT2D eigenvalue weighted by Crippen LogP contribution is -2.24. The van der Waals surface area contributed by atoms with Gasteiger partial charge in [-0.15, -0.1) is 0 Å². The van der Waals surface area contributed by atoms with Gasteiger partial charge in [0.25, 0.3) is 5.91 Å². The maximum Gasteiger partial charge on any atom is 0.274 e. The zero-order valence-electron chi connectivity index (χ0n) is 18.9. The van der Waals surface area contributed by atoms with Crippen LogP contribution in [0.4, 0.5) is 5.69 Å². The van der Waals surface area contributed by atoms with Gasteiger partial charge in [0.2, 0.25) is 0 Å². The molecule has 34 heavy (non-hydrogen) atoms. The molecule has 1 fully saturated rings. The SMILES string of the molecule is CCO[C@H]1CC[C@H](n2cc(NC(=O)c3cccc(-c4cn[nH]c4)n3)c(-c3cnccn3)n2)CC1. The van der Waals surface area contributed by atoms with E-state index in [1.54, 1.807) is 43.1 Å². The minimum Gasteiger partial charge on any atom is -0.379 e. The molecule has 174 valence electrons. The number of nitrogens with one attached hydrogen (secondary N) is 2. The van der Waals surface area contributed by atoms with Crippen molar-refractivity contribution in [1.29, 1.82) is 0 Å². The van der Waals surface area contributed by atoms with Crippen LogP contribution in [0.25, 0.3) is 22.6 Å². The molecular weight excluding hydrogens is 432 g/mol. The van der Waals surface area contributed by atoms with Crippen LogP contribution in [0.1, 0.15) is 49.1 Å². The first-order chi connectivity index (χ1) is 16.7. The molecule has 1 amide bonds. The van der Waals surface area contributed by atoms with Gasteiger partial charge < -0.3 is 10.1 Å². The van der Waals surface area contributed by atoms with Crippen molar-refractivity contribution in [2.75, 3.05) is 11.9 Å². The van der Waals surface area contributed by atoms with Gasteiger partial charge in [0.1, 0.15) is 17.1 Å². The summed E-state index contributed by atoms with van der Waals surface area (Å²) in [6.45, 7) is 2.77. The number of hydrogen-bond acceptors (Lipinski definition) is 7. The molecule has 0 unspecified atom stereocenters. The zero-order valence-corrected chi connectivity index (χ0v) is 18.9. The Morgan fingerprint density at radius 1 is 1.18 bits per heavy atom. The molecule has 0 aromatic carbocycles. The smallest absolute Gasteiger partial charge is 0.274 e. The first kappa shape index (κ1) is 21.9. The number of anilines is 1. The Balaban J connectivity index is 1.40. The molecular formula is C24H26N8O2. The van der Waals surface area contributed by atoms with Crippen LogP contribution in [0.2, 0.25) is 0 Å². The van der Waals surface area contributed by atoms with Crippen molar-refractivity contribution < 1.29 is 9.53 Å². The number of pyridine rings is 1. The van der Waals surface area contributed by atoms with E-state index in [2.05, 4.69) is 30.5 Å². The van der Waals surface area contributed by atoms with Gasteiger partial charge in [-0.05, 0) is 44.7 Å². The van der Waals surface area contributed by atoms with Gasteiger partial charge in [0, 0.05) is 37.0 Å². The number of rotatable bonds is 7. The fraction of sp³-hybridized carbons (Fsp3) is 0.333. The molecule has 4 heterocycles. The van der Waals surface area contributed by atoms with Crippen molar-refractivity contribution >= 4 is 11.6 Å². The van der Waals surface area contributed by atoms with E-state index >= 15 is 0 Å². The van der Waals surface area contributed by atoms with Crippen LogP contribution >= 0.6 is 0 Å². The van der Waals surface area contributed by atoms with Gasteiger partial charge in [-0.1, -0.05) is 6.07 Å². The fourth-order valence-corrected chi connectivity index (χ4v) is 4.29. The second kappa shape index (κ2) is 9.92. The highest BCUT2D eigenvalue weighted by Crippen LogP contribution is 2.33. The molecule has 0 radical (unpaired) electrons. The molecule has 4 aromatic rings. The normalized spacial score (nSPS) is 18.0. The molecule has 10 heteroatoms. The number of aromatic nitrogens is 7.